The van der Waals surface area contributed by atoms with Gasteiger partial charge in [-0.25, -0.2) is 0 Å². The number of carbonyl (C=O) groups is 1. The second-order valence-corrected chi connectivity index (χ2v) is 8.88. The van der Waals surface area contributed by atoms with E-state index in [9.17, 15) is 4.79 Å². The number of amides is 1. The van der Waals surface area contributed by atoms with Crippen LogP contribution in [-0.4, -0.2) is 43.2 Å². The Morgan fingerprint density at radius 3 is 2.59 bits per heavy atom. The highest BCUT2D eigenvalue weighted by Gasteiger charge is 2.37. The number of nitrogens with zero attached hydrogens (tertiary/aromatic N) is 1. The third-order valence-electron chi connectivity index (χ3n) is 7.08. The van der Waals surface area contributed by atoms with Gasteiger partial charge in [0.05, 0.1) is 7.11 Å². The highest BCUT2D eigenvalue weighted by Crippen LogP contribution is 2.41. The van der Waals surface area contributed by atoms with Gasteiger partial charge in [0.25, 0.3) is 5.91 Å². The SMILES string of the molecule is C=CCN1C2CCC1CC(c1ccc(OC)cc1)=C(COc1ccc3c(c1)C(=O)NC3)C2. The van der Waals surface area contributed by atoms with Crippen LogP contribution in [0.1, 0.15) is 47.2 Å². The van der Waals surface area contributed by atoms with Gasteiger partial charge in [0.1, 0.15) is 18.1 Å². The van der Waals surface area contributed by atoms with Crippen LogP contribution in [0.2, 0.25) is 0 Å². The van der Waals surface area contributed by atoms with Crippen molar-refractivity contribution in [3.05, 3.63) is 77.4 Å². The van der Waals surface area contributed by atoms with E-state index in [1.807, 2.05) is 36.4 Å². The van der Waals surface area contributed by atoms with Crippen LogP contribution in [0.4, 0.5) is 0 Å². The number of ether oxygens (including phenoxy) is 2. The molecule has 1 N–H and O–H groups in total. The molecule has 0 spiro atoms. The Balaban J connectivity index is 1.44. The molecule has 0 radical (unpaired) electrons. The number of hydrogen-bond acceptors (Lipinski definition) is 4. The Hall–Kier alpha value is -3.05. The molecule has 0 saturated carbocycles. The van der Waals surface area contributed by atoms with Crippen LogP contribution in [-0.2, 0) is 6.54 Å². The molecule has 5 rings (SSSR count). The van der Waals surface area contributed by atoms with E-state index in [0.717, 1.165) is 42.0 Å². The predicted molar refractivity (Wildman–Crippen MR) is 126 cm³/mol. The Labute approximate surface area is 189 Å². The van der Waals surface area contributed by atoms with Crippen LogP contribution in [0.15, 0.2) is 60.7 Å². The maximum atomic E-state index is 12.0. The summed E-state index contributed by atoms with van der Waals surface area (Å²) in [6, 6.07) is 15.3. The van der Waals surface area contributed by atoms with E-state index in [-0.39, 0.29) is 5.91 Å². The molecular formula is C27H30N2O3. The van der Waals surface area contributed by atoms with Crippen molar-refractivity contribution in [3.63, 3.8) is 0 Å². The van der Waals surface area contributed by atoms with Crippen LogP contribution in [0.25, 0.3) is 5.57 Å². The third-order valence-corrected chi connectivity index (χ3v) is 7.08. The minimum atomic E-state index is -0.0181. The lowest BCUT2D eigenvalue weighted by Crippen LogP contribution is -2.35. The van der Waals surface area contributed by atoms with Crippen molar-refractivity contribution in [2.24, 2.45) is 0 Å². The summed E-state index contributed by atoms with van der Waals surface area (Å²) in [5.74, 6) is 1.60. The van der Waals surface area contributed by atoms with Crippen molar-refractivity contribution in [3.8, 4) is 11.5 Å². The maximum Gasteiger partial charge on any atom is 0.252 e. The summed E-state index contributed by atoms with van der Waals surface area (Å²) < 4.78 is 11.6. The van der Waals surface area contributed by atoms with E-state index >= 15 is 0 Å². The number of rotatable bonds is 7. The molecule has 3 heterocycles. The molecule has 5 heteroatoms. The van der Waals surface area contributed by atoms with Gasteiger partial charge in [0, 0.05) is 30.7 Å². The van der Waals surface area contributed by atoms with Crippen molar-refractivity contribution in [2.75, 3.05) is 20.3 Å². The Morgan fingerprint density at radius 1 is 1.09 bits per heavy atom. The highest BCUT2D eigenvalue weighted by molar-refractivity contribution is 5.98. The van der Waals surface area contributed by atoms with Crippen LogP contribution in [0.5, 0.6) is 11.5 Å². The van der Waals surface area contributed by atoms with Gasteiger partial charge in [0.15, 0.2) is 0 Å². The first-order chi connectivity index (χ1) is 15.7. The molecule has 3 aliphatic heterocycles. The van der Waals surface area contributed by atoms with E-state index in [2.05, 4.69) is 28.9 Å². The summed E-state index contributed by atoms with van der Waals surface area (Å²) in [6.07, 6.45) is 6.48. The van der Waals surface area contributed by atoms with Crippen molar-refractivity contribution >= 4 is 11.5 Å². The van der Waals surface area contributed by atoms with Gasteiger partial charge < -0.3 is 14.8 Å². The zero-order valence-electron chi connectivity index (χ0n) is 18.6. The lowest BCUT2D eigenvalue weighted by molar-refractivity contribution is 0.0965. The standard InChI is InChI=1S/C27H30N2O3/c1-3-12-29-21-7-8-22(29)14-25(18-4-9-23(31-2)10-5-18)20(13-21)17-32-24-11-6-19-16-28-27(30)26(19)15-24/h3-6,9-11,15,21-22H,1,7-8,12-14,16-17H2,2H3,(H,28,30). The van der Waals surface area contributed by atoms with Gasteiger partial charge in [-0.3, -0.25) is 9.69 Å². The maximum absolute atomic E-state index is 12.0. The second-order valence-electron chi connectivity index (χ2n) is 8.88. The zero-order chi connectivity index (χ0) is 22.1. The fourth-order valence-electron chi connectivity index (χ4n) is 5.40. The van der Waals surface area contributed by atoms with Crippen LogP contribution in [0.3, 0.4) is 0 Å². The first kappa shape index (κ1) is 20.8. The topological polar surface area (TPSA) is 50.8 Å². The molecule has 5 nitrogen and oxygen atoms in total. The summed E-state index contributed by atoms with van der Waals surface area (Å²) >= 11 is 0. The summed E-state index contributed by atoms with van der Waals surface area (Å²) in [5.41, 5.74) is 5.73. The van der Waals surface area contributed by atoms with Gasteiger partial charge in [-0.15, -0.1) is 6.58 Å². The molecule has 166 valence electrons. The number of hydrogen-bond donors (Lipinski definition) is 1. The van der Waals surface area contributed by atoms with E-state index in [1.165, 1.54) is 29.6 Å². The van der Waals surface area contributed by atoms with Crippen molar-refractivity contribution < 1.29 is 14.3 Å². The predicted octanol–water partition coefficient (Wildman–Crippen LogP) is 4.58. The molecule has 1 fully saturated rings. The quantitative estimate of drug-likeness (QED) is 0.653. The molecule has 0 aromatic heterocycles. The first-order valence-corrected chi connectivity index (χ1v) is 11.4. The van der Waals surface area contributed by atoms with Crippen LogP contribution < -0.4 is 14.8 Å². The number of methoxy groups -OCH3 is 1. The van der Waals surface area contributed by atoms with Gasteiger partial charge >= 0.3 is 0 Å². The fourth-order valence-corrected chi connectivity index (χ4v) is 5.40. The van der Waals surface area contributed by atoms with Crippen molar-refractivity contribution in [1.29, 1.82) is 0 Å². The van der Waals surface area contributed by atoms with E-state index in [1.54, 1.807) is 7.11 Å². The molecule has 2 atom stereocenters. The molecule has 2 aromatic rings. The number of benzene rings is 2. The second kappa shape index (κ2) is 8.83. The Kier molecular flexibility index (Phi) is 5.75. The van der Waals surface area contributed by atoms with Gasteiger partial charge in [-0.2, -0.15) is 0 Å². The molecule has 0 aliphatic carbocycles. The highest BCUT2D eigenvalue weighted by atomic mass is 16.5. The lowest BCUT2D eigenvalue weighted by Gasteiger charge is -2.27. The van der Waals surface area contributed by atoms with Crippen LogP contribution in [0, 0.1) is 0 Å². The van der Waals surface area contributed by atoms with Crippen molar-refractivity contribution in [1.82, 2.24) is 10.2 Å². The lowest BCUT2D eigenvalue weighted by atomic mass is 9.89. The largest absolute Gasteiger partial charge is 0.497 e. The number of fused-ring (bicyclic) bond motifs is 3. The average molecular weight is 431 g/mol. The molecular weight excluding hydrogens is 400 g/mol. The normalized spacial score (nSPS) is 22.3. The average Bonchev–Trinajstić information content (AvgIpc) is 3.32. The van der Waals surface area contributed by atoms with Gasteiger partial charge in [-0.1, -0.05) is 24.3 Å². The number of carbonyl (C=O) groups excluding carboxylic acids is 1. The zero-order valence-corrected chi connectivity index (χ0v) is 18.6. The molecule has 1 saturated heterocycles. The van der Waals surface area contributed by atoms with Gasteiger partial charge in [0.2, 0.25) is 0 Å². The van der Waals surface area contributed by atoms with Crippen LogP contribution >= 0.6 is 0 Å². The summed E-state index contributed by atoms with van der Waals surface area (Å²) in [7, 11) is 1.70. The van der Waals surface area contributed by atoms with E-state index in [0.29, 0.717) is 25.2 Å². The molecule has 1 amide bonds. The monoisotopic (exact) mass is 430 g/mol. The molecule has 32 heavy (non-hydrogen) atoms. The summed E-state index contributed by atoms with van der Waals surface area (Å²) in [5, 5.41) is 2.87. The van der Waals surface area contributed by atoms with Gasteiger partial charge in [-0.05, 0) is 72.2 Å². The molecule has 2 unspecified atom stereocenters. The van der Waals surface area contributed by atoms with E-state index in [4.69, 9.17) is 9.47 Å². The Bertz CT molecular complexity index is 1060. The molecule has 3 aliphatic rings. The van der Waals surface area contributed by atoms with Crippen molar-refractivity contribution in [2.45, 2.75) is 44.3 Å². The summed E-state index contributed by atoms with van der Waals surface area (Å²) in [6.45, 7) is 6.05. The minimum absolute atomic E-state index is 0.0181. The fraction of sp³-hybridized carbons (Fsp3) is 0.370. The first-order valence-electron chi connectivity index (χ1n) is 11.4. The molecule has 2 bridgehead atoms. The number of nitrogens with one attached hydrogen (secondary N) is 1. The minimum Gasteiger partial charge on any atom is -0.497 e. The molecule has 2 aromatic carbocycles. The smallest absolute Gasteiger partial charge is 0.252 e. The van der Waals surface area contributed by atoms with E-state index < -0.39 is 0 Å². The third kappa shape index (κ3) is 3.93. The summed E-state index contributed by atoms with van der Waals surface area (Å²) in [4.78, 5) is 14.7. The Morgan fingerprint density at radius 2 is 1.84 bits per heavy atom.